The lowest BCUT2D eigenvalue weighted by Gasteiger charge is -2.08. The molecule has 0 unspecified atom stereocenters. The number of Topliss-reactive ketones (excluding diaryl/α,β-unsaturated/α-hetero) is 1. The molecule has 0 atom stereocenters. The molecule has 3 heterocycles. The van der Waals surface area contributed by atoms with Crippen molar-refractivity contribution in [3.63, 3.8) is 0 Å². The van der Waals surface area contributed by atoms with E-state index >= 15 is 0 Å². The summed E-state index contributed by atoms with van der Waals surface area (Å²) in [5, 5.41) is 2.02. The summed E-state index contributed by atoms with van der Waals surface area (Å²) >= 11 is 1.66. The molecular weight excluding hydrogens is 404 g/mol. The van der Waals surface area contributed by atoms with Crippen LogP contribution in [0, 0.1) is 27.7 Å². The zero-order valence-corrected chi connectivity index (χ0v) is 18.4. The number of rotatable bonds is 7. The Morgan fingerprint density at radius 2 is 1.87 bits per heavy atom. The van der Waals surface area contributed by atoms with Crippen molar-refractivity contribution < 1.29 is 23.9 Å². The fourth-order valence-corrected chi connectivity index (χ4v) is 4.22. The van der Waals surface area contributed by atoms with Crippen LogP contribution in [0.3, 0.4) is 0 Å². The highest BCUT2D eigenvalue weighted by molar-refractivity contribution is 7.09. The number of aromatic nitrogens is 2. The van der Waals surface area contributed by atoms with Gasteiger partial charge in [-0.3, -0.25) is 4.79 Å². The summed E-state index contributed by atoms with van der Waals surface area (Å²) in [6.45, 7) is 7.45. The van der Waals surface area contributed by atoms with Crippen LogP contribution < -0.4 is 0 Å². The molecule has 3 aromatic rings. The van der Waals surface area contributed by atoms with E-state index in [0.717, 1.165) is 11.4 Å². The Labute approximate surface area is 178 Å². The van der Waals surface area contributed by atoms with E-state index in [1.807, 2.05) is 31.4 Å². The Bertz CT molecular complexity index is 1110. The number of H-pyrrole nitrogens is 1. The number of aryl methyl sites for hydroxylation is 2. The van der Waals surface area contributed by atoms with Crippen LogP contribution in [0.25, 0.3) is 0 Å². The number of hydrogen-bond donors (Lipinski definition) is 1. The van der Waals surface area contributed by atoms with Crippen LogP contribution >= 0.6 is 11.3 Å². The van der Waals surface area contributed by atoms with Crippen LogP contribution in [0.4, 0.5) is 0 Å². The predicted molar refractivity (Wildman–Crippen MR) is 114 cm³/mol. The second-order valence-electron chi connectivity index (χ2n) is 7.07. The summed E-state index contributed by atoms with van der Waals surface area (Å²) in [5.41, 5.74) is 3.72. The van der Waals surface area contributed by atoms with Gasteiger partial charge in [0, 0.05) is 27.5 Å². The normalized spacial score (nSPS) is 10.8. The molecular formula is C22H24N2O5S. The number of ketones is 1. The number of thiophene rings is 1. The van der Waals surface area contributed by atoms with Gasteiger partial charge in [0.15, 0.2) is 6.61 Å². The smallest absolute Gasteiger partial charge is 0.355 e. The van der Waals surface area contributed by atoms with Gasteiger partial charge in [0.25, 0.3) is 0 Å². The molecule has 3 aromatic heterocycles. The third-order valence-corrected chi connectivity index (χ3v) is 5.99. The van der Waals surface area contributed by atoms with Crippen LogP contribution in [0.1, 0.15) is 58.7 Å². The molecule has 0 bridgehead atoms. The molecule has 0 aliphatic rings. The highest BCUT2D eigenvalue weighted by atomic mass is 32.1. The quantitative estimate of drug-likeness (QED) is 0.454. The first-order valence-electron chi connectivity index (χ1n) is 9.41. The van der Waals surface area contributed by atoms with Crippen molar-refractivity contribution in [1.29, 1.82) is 0 Å². The van der Waals surface area contributed by atoms with Crippen LogP contribution in [-0.2, 0) is 16.0 Å². The summed E-state index contributed by atoms with van der Waals surface area (Å²) < 4.78 is 12.1. The molecule has 7 nitrogen and oxygen atoms in total. The van der Waals surface area contributed by atoms with Gasteiger partial charge in [0.05, 0.1) is 19.2 Å². The van der Waals surface area contributed by atoms with Crippen molar-refractivity contribution in [2.45, 2.75) is 34.2 Å². The van der Waals surface area contributed by atoms with Gasteiger partial charge in [0.1, 0.15) is 5.69 Å². The fourth-order valence-electron chi connectivity index (χ4n) is 3.53. The highest BCUT2D eigenvalue weighted by Crippen LogP contribution is 2.21. The van der Waals surface area contributed by atoms with E-state index in [2.05, 4.69) is 15.6 Å². The third kappa shape index (κ3) is 4.09. The molecule has 0 saturated carbocycles. The van der Waals surface area contributed by atoms with E-state index in [0.29, 0.717) is 28.9 Å². The van der Waals surface area contributed by atoms with Gasteiger partial charge < -0.3 is 19.0 Å². The lowest BCUT2D eigenvalue weighted by atomic mass is 10.1. The van der Waals surface area contributed by atoms with Crippen molar-refractivity contribution in [3.05, 3.63) is 67.9 Å². The Hall–Kier alpha value is -3.13. The molecule has 0 aromatic carbocycles. The minimum atomic E-state index is -0.688. The van der Waals surface area contributed by atoms with E-state index in [9.17, 15) is 14.4 Å². The average Bonchev–Trinajstić information content (AvgIpc) is 3.40. The largest absolute Gasteiger partial charge is 0.465 e. The summed E-state index contributed by atoms with van der Waals surface area (Å²) in [7, 11) is 1.28. The minimum absolute atomic E-state index is 0.142. The Balaban J connectivity index is 1.72. The third-order valence-electron chi connectivity index (χ3n) is 5.13. The van der Waals surface area contributed by atoms with Gasteiger partial charge in [-0.15, -0.1) is 11.3 Å². The number of nitrogens with one attached hydrogen (secondary N) is 1. The minimum Gasteiger partial charge on any atom is -0.465 e. The number of methoxy groups -OCH3 is 1. The molecule has 0 fully saturated rings. The molecule has 0 aliphatic heterocycles. The number of nitrogens with zero attached hydrogens (tertiary/aromatic N) is 1. The summed E-state index contributed by atoms with van der Waals surface area (Å²) in [4.78, 5) is 41.1. The predicted octanol–water partition coefficient (Wildman–Crippen LogP) is 3.99. The van der Waals surface area contributed by atoms with Crippen molar-refractivity contribution in [1.82, 2.24) is 9.55 Å². The van der Waals surface area contributed by atoms with Crippen molar-refractivity contribution in [3.8, 4) is 0 Å². The number of carbonyl (C=O) groups is 3. The van der Waals surface area contributed by atoms with Gasteiger partial charge in [0.2, 0.25) is 5.78 Å². The molecule has 8 heteroatoms. The molecule has 0 saturated heterocycles. The first kappa shape index (κ1) is 21.6. The Morgan fingerprint density at radius 1 is 1.13 bits per heavy atom. The second-order valence-corrected chi connectivity index (χ2v) is 8.10. The van der Waals surface area contributed by atoms with E-state index in [4.69, 9.17) is 9.47 Å². The molecule has 0 aliphatic carbocycles. The highest BCUT2D eigenvalue weighted by Gasteiger charge is 2.24. The van der Waals surface area contributed by atoms with Crippen LogP contribution in [0.15, 0.2) is 23.6 Å². The summed E-state index contributed by atoms with van der Waals surface area (Å²) in [6.07, 6.45) is 0. The lowest BCUT2D eigenvalue weighted by Crippen LogP contribution is -2.16. The maximum Gasteiger partial charge on any atom is 0.355 e. The van der Waals surface area contributed by atoms with E-state index in [1.165, 1.54) is 12.0 Å². The van der Waals surface area contributed by atoms with E-state index in [-0.39, 0.29) is 18.1 Å². The number of esters is 2. The molecule has 3 rings (SSSR count). The van der Waals surface area contributed by atoms with E-state index in [1.54, 1.807) is 25.2 Å². The van der Waals surface area contributed by atoms with Gasteiger partial charge >= 0.3 is 11.9 Å². The van der Waals surface area contributed by atoms with Crippen molar-refractivity contribution >= 4 is 29.1 Å². The first-order chi connectivity index (χ1) is 14.2. The van der Waals surface area contributed by atoms with Gasteiger partial charge in [-0.1, -0.05) is 6.07 Å². The second kappa shape index (κ2) is 8.71. The standard InChI is InChI=1S/C22H24N2O5S/c1-12-9-17(15(4)24(12)10-16-7-6-8-30-16)18(25)11-29-22(27)20-13(2)19(14(3)23-20)21(26)28-5/h6-9,23H,10-11H2,1-5H3. The van der Waals surface area contributed by atoms with Crippen molar-refractivity contribution in [2.24, 2.45) is 0 Å². The molecule has 0 radical (unpaired) electrons. The first-order valence-corrected chi connectivity index (χ1v) is 10.3. The maximum atomic E-state index is 12.7. The van der Waals surface area contributed by atoms with Gasteiger partial charge in [-0.05, 0) is 50.8 Å². The molecule has 1 N–H and O–H groups in total. The monoisotopic (exact) mass is 428 g/mol. The Kier molecular flexibility index (Phi) is 6.26. The van der Waals surface area contributed by atoms with Crippen LogP contribution in [0.5, 0.6) is 0 Å². The number of hydrogen-bond acceptors (Lipinski definition) is 6. The molecule has 30 heavy (non-hydrogen) atoms. The number of aromatic amines is 1. The average molecular weight is 429 g/mol. The summed E-state index contributed by atoms with van der Waals surface area (Å²) in [5.74, 6) is -1.50. The zero-order chi connectivity index (χ0) is 22.0. The number of carbonyl (C=O) groups excluding carboxylic acids is 3. The fraction of sp³-hybridized carbons (Fsp3) is 0.318. The van der Waals surface area contributed by atoms with Gasteiger partial charge in [-0.2, -0.15) is 0 Å². The molecule has 158 valence electrons. The SMILES string of the molecule is COC(=O)c1c(C)[nH]c(C(=O)OCC(=O)c2cc(C)n(Cc3cccs3)c2C)c1C. The van der Waals surface area contributed by atoms with Crippen LogP contribution in [0.2, 0.25) is 0 Å². The summed E-state index contributed by atoms with van der Waals surface area (Å²) in [6, 6.07) is 5.87. The van der Waals surface area contributed by atoms with Gasteiger partial charge in [-0.25, -0.2) is 9.59 Å². The Morgan fingerprint density at radius 3 is 2.50 bits per heavy atom. The zero-order valence-electron chi connectivity index (χ0n) is 17.6. The number of ether oxygens (including phenoxy) is 2. The van der Waals surface area contributed by atoms with E-state index < -0.39 is 11.9 Å². The molecule has 0 spiro atoms. The topological polar surface area (TPSA) is 90.4 Å². The van der Waals surface area contributed by atoms with Crippen LogP contribution in [-0.4, -0.2) is 41.0 Å². The lowest BCUT2D eigenvalue weighted by molar-refractivity contribution is 0.0468. The maximum absolute atomic E-state index is 12.7. The molecule has 0 amide bonds. The van der Waals surface area contributed by atoms with Crippen molar-refractivity contribution in [2.75, 3.05) is 13.7 Å².